The van der Waals surface area contributed by atoms with E-state index in [1.54, 1.807) is 12.4 Å². The molecule has 4 heterocycles. The predicted molar refractivity (Wildman–Crippen MR) is 105 cm³/mol. The molecular weight excluding hydrogens is 359 g/mol. The fourth-order valence-electron chi connectivity index (χ4n) is 3.72. The van der Waals surface area contributed by atoms with E-state index in [0.29, 0.717) is 18.8 Å². The molecule has 0 unspecified atom stereocenters. The minimum atomic E-state index is -0.508. The van der Waals surface area contributed by atoms with E-state index in [2.05, 4.69) is 25.3 Å². The molecule has 3 aromatic heterocycles. The molecule has 0 bridgehead atoms. The van der Waals surface area contributed by atoms with Crippen LogP contribution in [0.3, 0.4) is 0 Å². The zero-order chi connectivity index (χ0) is 19.5. The molecular formula is C20H23FN6O. The number of pyridine rings is 1. The number of H-pyrrole nitrogens is 1. The van der Waals surface area contributed by atoms with Gasteiger partial charge in [-0.15, -0.1) is 0 Å². The van der Waals surface area contributed by atoms with Crippen LogP contribution in [0.5, 0.6) is 0 Å². The summed E-state index contributed by atoms with van der Waals surface area (Å²) in [6.45, 7) is 3.10. The van der Waals surface area contributed by atoms with Crippen molar-refractivity contribution in [3.63, 3.8) is 0 Å². The summed E-state index contributed by atoms with van der Waals surface area (Å²) in [5.41, 5.74) is 1.50. The molecule has 28 heavy (non-hydrogen) atoms. The van der Waals surface area contributed by atoms with Crippen molar-refractivity contribution in [3.8, 4) is 11.4 Å². The molecule has 4 rings (SSSR count). The minimum Gasteiger partial charge on any atom is -0.365 e. The molecule has 7 nitrogen and oxygen atoms in total. The molecule has 3 aromatic rings. The Kier molecular flexibility index (Phi) is 5.18. The lowest BCUT2D eigenvalue weighted by atomic mass is 10.0. The van der Waals surface area contributed by atoms with E-state index in [1.165, 1.54) is 6.20 Å². The number of halogens is 1. The van der Waals surface area contributed by atoms with Gasteiger partial charge in [-0.1, -0.05) is 6.92 Å². The van der Waals surface area contributed by atoms with Crippen LogP contribution in [-0.2, 0) is 4.79 Å². The second kappa shape index (κ2) is 7.92. The summed E-state index contributed by atoms with van der Waals surface area (Å²) in [4.78, 5) is 30.0. The number of nitrogens with zero attached hydrogens (tertiary/aromatic N) is 4. The van der Waals surface area contributed by atoms with Crippen LogP contribution in [0, 0.1) is 5.82 Å². The van der Waals surface area contributed by atoms with Crippen molar-refractivity contribution in [2.45, 2.75) is 38.6 Å². The molecule has 8 heteroatoms. The van der Waals surface area contributed by atoms with Gasteiger partial charge in [0, 0.05) is 48.9 Å². The topological polar surface area (TPSA) is 86.8 Å². The molecule has 0 aliphatic carbocycles. The van der Waals surface area contributed by atoms with Crippen LogP contribution in [0.4, 0.5) is 10.2 Å². The van der Waals surface area contributed by atoms with Gasteiger partial charge < -0.3 is 15.2 Å². The molecule has 146 valence electrons. The molecule has 1 aliphatic rings. The number of nitrogens with one attached hydrogen (secondary N) is 2. The number of aromatic nitrogens is 4. The van der Waals surface area contributed by atoms with Gasteiger partial charge in [-0.2, -0.15) is 0 Å². The van der Waals surface area contributed by atoms with Crippen LogP contribution < -0.4 is 5.32 Å². The van der Waals surface area contributed by atoms with E-state index in [0.717, 1.165) is 42.4 Å². The van der Waals surface area contributed by atoms with Crippen LogP contribution in [0.1, 0.15) is 32.6 Å². The van der Waals surface area contributed by atoms with Gasteiger partial charge in [-0.25, -0.2) is 19.3 Å². The first kappa shape index (κ1) is 18.3. The van der Waals surface area contributed by atoms with Crippen molar-refractivity contribution in [2.24, 2.45) is 0 Å². The first-order valence-electron chi connectivity index (χ1n) is 9.65. The van der Waals surface area contributed by atoms with Gasteiger partial charge in [0.15, 0.2) is 17.5 Å². The molecule has 1 fully saturated rings. The maximum Gasteiger partial charge on any atom is 0.222 e. The minimum absolute atomic E-state index is 0.0521. The highest BCUT2D eigenvalue weighted by Gasteiger charge is 2.26. The van der Waals surface area contributed by atoms with Crippen LogP contribution >= 0.6 is 0 Å². The van der Waals surface area contributed by atoms with Crippen LogP contribution in [0.15, 0.2) is 30.7 Å². The Labute approximate surface area is 162 Å². The summed E-state index contributed by atoms with van der Waals surface area (Å²) < 4.78 is 14.3. The van der Waals surface area contributed by atoms with E-state index < -0.39 is 5.82 Å². The Morgan fingerprint density at radius 3 is 3.14 bits per heavy atom. The van der Waals surface area contributed by atoms with Crippen LogP contribution in [0.25, 0.3) is 22.4 Å². The summed E-state index contributed by atoms with van der Waals surface area (Å²) in [7, 11) is 0. The van der Waals surface area contributed by atoms with Crippen molar-refractivity contribution in [1.82, 2.24) is 24.8 Å². The molecule has 0 aromatic carbocycles. The van der Waals surface area contributed by atoms with Gasteiger partial charge in [0.1, 0.15) is 5.65 Å². The molecule has 2 N–H and O–H groups in total. The molecule has 1 atom stereocenters. The monoisotopic (exact) mass is 382 g/mol. The summed E-state index contributed by atoms with van der Waals surface area (Å²) in [6.07, 6.45) is 8.13. The van der Waals surface area contributed by atoms with Crippen molar-refractivity contribution < 1.29 is 9.18 Å². The van der Waals surface area contributed by atoms with Crippen molar-refractivity contribution in [3.05, 3.63) is 36.5 Å². The molecule has 1 amide bonds. The van der Waals surface area contributed by atoms with E-state index in [4.69, 9.17) is 0 Å². The number of hydrogen-bond acceptors (Lipinski definition) is 5. The van der Waals surface area contributed by atoms with E-state index in [1.807, 2.05) is 24.0 Å². The first-order valence-corrected chi connectivity index (χ1v) is 9.65. The van der Waals surface area contributed by atoms with Gasteiger partial charge in [0.25, 0.3) is 0 Å². The Bertz CT molecular complexity index is 988. The van der Waals surface area contributed by atoms with E-state index >= 15 is 0 Å². The lowest BCUT2D eigenvalue weighted by Gasteiger charge is -2.36. The normalized spacial score (nSPS) is 17.1. The molecule has 0 radical (unpaired) electrons. The maximum absolute atomic E-state index is 14.3. The fraction of sp³-hybridized carbons (Fsp3) is 0.400. The largest absolute Gasteiger partial charge is 0.365 e. The Hall–Kier alpha value is -3.03. The molecule has 1 aliphatic heterocycles. The summed E-state index contributed by atoms with van der Waals surface area (Å²) in [6, 6.07) is 3.81. The smallest absolute Gasteiger partial charge is 0.222 e. The maximum atomic E-state index is 14.3. The van der Waals surface area contributed by atoms with Gasteiger partial charge in [0.2, 0.25) is 5.91 Å². The predicted octanol–water partition coefficient (Wildman–Crippen LogP) is 3.36. The summed E-state index contributed by atoms with van der Waals surface area (Å²) in [5, 5.41) is 3.98. The number of fused-ring (bicyclic) bond motifs is 1. The summed E-state index contributed by atoms with van der Waals surface area (Å²) >= 11 is 0. The van der Waals surface area contributed by atoms with Gasteiger partial charge >= 0.3 is 0 Å². The first-order chi connectivity index (χ1) is 13.7. The number of hydrogen-bond donors (Lipinski definition) is 2. The highest BCUT2D eigenvalue weighted by atomic mass is 19.1. The number of carbonyl (C=O) groups excluding carboxylic acids is 1. The van der Waals surface area contributed by atoms with Crippen LogP contribution in [-0.4, -0.2) is 49.9 Å². The van der Waals surface area contributed by atoms with E-state index in [-0.39, 0.29) is 17.8 Å². The molecule has 1 saturated heterocycles. The number of rotatable bonds is 5. The van der Waals surface area contributed by atoms with E-state index in [9.17, 15) is 9.18 Å². The second-order valence-corrected chi connectivity index (χ2v) is 6.96. The van der Waals surface area contributed by atoms with Crippen molar-refractivity contribution >= 4 is 22.8 Å². The number of amides is 1. The summed E-state index contributed by atoms with van der Waals surface area (Å²) in [5.74, 6) is 0.207. The Morgan fingerprint density at radius 1 is 1.39 bits per heavy atom. The van der Waals surface area contributed by atoms with Crippen LogP contribution in [0.2, 0.25) is 0 Å². The standard InChI is InChI=1S/C20H23FN6O/c1-2-17(28)27-9-4-3-6-13(27)10-23-20-16(21)12-25-19(26-20)15-11-24-18-14(15)7-5-8-22-18/h5,7-8,11-13H,2-4,6,9-10H2,1H3,(H,22,24)(H,23,25,26)/t13-/m0/s1. The fourth-order valence-corrected chi connectivity index (χ4v) is 3.72. The third-order valence-corrected chi connectivity index (χ3v) is 5.19. The van der Waals surface area contributed by atoms with Crippen molar-refractivity contribution in [2.75, 3.05) is 18.4 Å². The Balaban J connectivity index is 1.55. The SMILES string of the molecule is CCC(=O)N1CCCC[C@H]1CNc1nc(-c2c[nH]c3ncccc23)ncc1F. The zero-order valence-corrected chi connectivity index (χ0v) is 15.8. The zero-order valence-electron chi connectivity index (χ0n) is 15.8. The number of anilines is 1. The molecule has 0 spiro atoms. The highest BCUT2D eigenvalue weighted by molar-refractivity contribution is 5.91. The lowest BCUT2D eigenvalue weighted by molar-refractivity contribution is -0.134. The third kappa shape index (κ3) is 3.54. The number of likely N-dealkylation sites (tertiary alicyclic amines) is 1. The van der Waals surface area contributed by atoms with Gasteiger partial charge in [-0.05, 0) is 31.4 Å². The number of piperidine rings is 1. The average Bonchev–Trinajstić information content (AvgIpc) is 3.17. The number of aromatic amines is 1. The third-order valence-electron chi connectivity index (χ3n) is 5.19. The van der Waals surface area contributed by atoms with Gasteiger partial charge in [-0.3, -0.25) is 4.79 Å². The lowest BCUT2D eigenvalue weighted by Crippen LogP contribution is -2.46. The van der Waals surface area contributed by atoms with Crippen molar-refractivity contribution in [1.29, 1.82) is 0 Å². The van der Waals surface area contributed by atoms with Gasteiger partial charge in [0.05, 0.1) is 6.20 Å². The Morgan fingerprint density at radius 2 is 2.29 bits per heavy atom. The molecule has 0 saturated carbocycles. The second-order valence-electron chi connectivity index (χ2n) is 6.96. The average molecular weight is 382 g/mol. The number of carbonyl (C=O) groups is 1. The quantitative estimate of drug-likeness (QED) is 0.707. The highest BCUT2D eigenvalue weighted by Crippen LogP contribution is 2.26.